The summed E-state index contributed by atoms with van der Waals surface area (Å²) in [7, 11) is 0. The lowest BCUT2D eigenvalue weighted by Crippen LogP contribution is -2.39. The first-order valence-corrected chi connectivity index (χ1v) is 5.57. The summed E-state index contributed by atoms with van der Waals surface area (Å²) in [6.07, 6.45) is 2.15. The minimum Gasteiger partial charge on any atom is -0.381 e. The standard InChI is InChI=1S/C10H15NOS/c11-8-10(3-5-12-6-4-10)9-2-1-7-13-9/h1-2,7H,3-6,8,11H2. The van der Waals surface area contributed by atoms with Crippen LogP contribution in [0.2, 0.25) is 0 Å². The van der Waals surface area contributed by atoms with Gasteiger partial charge in [-0.05, 0) is 24.3 Å². The van der Waals surface area contributed by atoms with Crippen molar-refractivity contribution in [2.75, 3.05) is 19.8 Å². The van der Waals surface area contributed by atoms with E-state index in [-0.39, 0.29) is 5.41 Å². The first-order valence-electron chi connectivity index (χ1n) is 4.69. The van der Waals surface area contributed by atoms with E-state index in [0.29, 0.717) is 0 Å². The number of hydrogen-bond donors (Lipinski definition) is 1. The van der Waals surface area contributed by atoms with E-state index in [1.54, 1.807) is 0 Å². The van der Waals surface area contributed by atoms with Crippen LogP contribution in [0.1, 0.15) is 17.7 Å². The molecule has 1 saturated heterocycles. The highest BCUT2D eigenvalue weighted by molar-refractivity contribution is 7.10. The SMILES string of the molecule is NCC1(c2cccs2)CCOCC1. The molecule has 1 aliphatic heterocycles. The van der Waals surface area contributed by atoms with Gasteiger partial charge in [-0.15, -0.1) is 11.3 Å². The molecule has 1 aliphatic rings. The molecule has 0 aliphatic carbocycles. The summed E-state index contributed by atoms with van der Waals surface area (Å²) in [5, 5.41) is 2.13. The van der Waals surface area contributed by atoms with E-state index in [9.17, 15) is 0 Å². The van der Waals surface area contributed by atoms with Crippen molar-refractivity contribution in [2.24, 2.45) is 5.73 Å². The largest absolute Gasteiger partial charge is 0.381 e. The zero-order chi connectivity index (χ0) is 9.15. The molecular weight excluding hydrogens is 182 g/mol. The number of nitrogens with two attached hydrogens (primary N) is 1. The van der Waals surface area contributed by atoms with Crippen molar-refractivity contribution in [1.29, 1.82) is 0 Å². The van der Waals surface area contributed by atoms with Gasteiger partial charge >= 0.3 is 0 Å². The lowest BCUT2D eigenvalue weighted by Gasteiger charge is -2.35. The Morgan fingerprint density at radius 2 is 2.23 bits per heavy atom. The Hall–Kier alpha value is -0.380. The van der Waals surface area contributed by atoms with E-state index in [0.717, 1.165) is 32.6 Å². The third-order valence-electron chi connectivity index (χ3n) is 2.88. The van der Waals surface area contributed by atoms with E-state index in [1.807, 2.05) is 11.3 Å². The second-order valence-electron chi connectivity index (χ2n) is 3.57. The van der Waals surface area contributed by atoms with Crippen LogP contribution in [0.15, 0.2) is 17.5 Å². The predicted octanol–water partition coefficient (Wildman–Crippen LogP) is 1.76. The van der Waals surface area contributed by atoms with Crippen LogP contribution in [-0.2, 0) is 10.2 Å². The van der Waals surface area contributed by atoms with Gasteiger partial charge in [0.15, 0.2) is 0 Å². The Morgan fingerprint density at radius 3 is 2.77 bits per heavy atom. The molecule has 0 amide bonds. The molecular formula is C10H15NOS. The van der Waals surface area contributed by atoms with Crippen molar-refractivity contribution >= 4 is 11.3 Å². The zero-order valence-electron chi connectivity index (χ0n) is 7.66. The highest BCUT2D eigenvalue weighted by Crippen LogP contribution is 2.36. The van der Waals surface area contributed by atoms with E-state index < -0.39 is 0 Å². The molecule has 2 heterocycles. The maximum absolute atomic E-state index is 5.88. The average molecular weight is 197 g/mol. The van der Waals surface area contributed by atoms with Crippen molar-refractivity contribution < 1.29 is 4.74 Å². The number of hydrogen-bond acceptors (Lipinski definition) is 3. The van der Waals surface area contributed by atoms with E-state index >= 15 is 0 Å². The van der Waals surface area contributed by atoms with Gasteiger partial charge in [-0.25, -0.2) is 0 Å². The zero-order valence-corrected chi connectivity index (χ0v) is 8.48. The van der Waals surface area contributed by atoms with E-state index in [4.69, 9.17) is 10.5 Å². The van der Waals surface area contributed by atoms with Gasteiger partial charge in [-0.1, -0.05) is 6.07 Å². The summed E-state index contributed by atoms with van der Waals surface area (Å²) in [5.41, 5.74) is 6.10. The van der Waals surface area contributed by atoms with Crippen LogP contribution in [0.4, 0.5) is 0 Å². The van der Waals surface area contributed by atoms with Gasteiger partial charge < -0.3 is 10.5 Å². The van der Waals surface area contributed by atoms with Crippen LogP contribution in [0, 0.1) is 0 Å². The van der Waals surface area contributed by atoms with Gasteiger partial charge in [-0.2, -0.15) is 0 Å². The number of rotatable bonds is 2. The summed E-state index contributed by atoms with van der Waals surface area (Å²) >= 11 is 1.82. The molecule has 0 aromatic carbocycles. The Bertz CT molecular complexity index is 252. The van der Waals surface area contributed by atoms with Gasteiger partial charge in [0.2, 0.25) is 0 Å². The van der Waals surface area contributed by atoms with Crippen LogP contribution >= 0.6 is 11.3 Å². The van der Waals surface area contributed by atoms with Gasteiger partial charge in [0.25, 0.3) is 0 Å². The molecule has 0 unspecified atom stereocenters. The Morgan fingerprint density at radius 1 is 1.46 bits per heavy atom. The van der Waals surface area contributed by atoms with Gasteiger partial charge in [0.05, 0.1) is 0 Å². The van der Waals surface area contributed by atoms with Crippen LogP contribution in [0.25, 0.3) is 0 Å². The Labute approximate surface area is 82.7 Å². The van der Waals surface area contributed by atoms with Crippen molar-refractivity contribution in [3.05, 3.63) is 22.4 Å². The number of ether oxygens (including phenoxy) is 1. The molecule has 3 heteroatoms. The minimum absolute atomic E-state index is 0.215. The monoisotopic (exact) mass is 197 g/mol. The molecule has 0 saturated carbocycles. The lowest BCUT2D eigenvalue weighted by molar-refractivity contribution is 0.0541. The summed E-state index contributed by atoms with van der Waals surface area (Å²) in [5.74, 6) is 0. The van der Waals surface area contributed by atoms with Crippen molar-refractivity contribution in [2.45, 2.75) is 18.3 Å². The summed E-state index contributed by atoms with van der Waals surface area (Å²) in [6, 6.07) is 4.30. The molecule has 0 radical (unpaired) electrons. The third-order valence-corrected chi connectivity index (χ3v) is 4.00. The van der Waals surface area contributed by atoms with Crippen molar-refractivity contribution in [1.82, 2.24) is 0 Å². The van der Waals surface area contributed by atoms with Crippen molar-refractivity contribution in [3.63, 3.8) is 0 Å². The predicted molar refractivity (Wildman–Crippen MR) is 55.1 cm³/mol. The topological polar surface area (TPSA) is 35.2 Å². The Balaban J connectivity index is 2.23. The average Bonchev–Trinajstić information content (AvgIpc) is 2.72. The summed E-state index contributed by atoms with van der Waals surface area (Å²) < 4.78 is 5.37. The van der Waals surface area contributed by atoms with Crippen LogP contribution < -0.4 is 5.73 Å². The first kappa shape index (κ1) is 9.19. The van der Waals surface area contributed by atoms with Gasteiger partial charge in [0.1, 0.15) is 0 Å². The normalized spacial score (nSPS) is 21.6. The summed E-state index contributed by atoms with van der Waals surface area (Å²) in [4.78, 5) is 1.43. The molecule has 72 valence electrons. The second-order valence-corrected chi connectivity index (χ2v) is 4.52. The lowest BCUT2D eigenvalue weighted by atomic mass is 9.79. The molecule has 1 aromatic heterocycles. The molecule has 0 spiro atoms. The molecule has 1 aromatic rings. The smallest absolute Gasteiger partial charge is 0.0475 e. The minimum atomic E-state index is 0.215. The molecule has 2 rings (SSSR count). The van der Waals surface area contributed by atoms with Crippen LogP contribution in [-0.4, -0.2) is 19.8 Å². The molecule has 2 nitrogen and oxygen atoms in total. The quantitative estimate of drug-likeness (QED) is 0.784. The highest BCUT2D eigenvalue weighted by atomic mass is 32.1. The van der Waals surface area contributed by atoms with Crippen molar-refractivity contribution in [3.8, 4) is 0 Å². The van der Waals surface area contributed by atoms with Crippen LogP contribution in [0.3, 0.4) is 0 Å². The third kappa shape index (κ3) is 1.64. The fourth-order valence-corrected chi connectivity index (χ4v) is 2.89. The maximum atomic E-state index is 5.88. The Kier molecular flexibility index (Phi) is 2.67. The molecule has 1 fully saturated rings. The second kappa shape index (κ2) is 3.78. The molecule has 13 heavy (non-hydrogen) atoms. The van der Waals surface area contributed by atoms with E-state index in [1.165, 1.54) is 4.88 Å². The molecule has 0 bridgehead atoms. The molecule has 2 N–H and O–H groups in total. The van der Waals surface area contributed by atoms with Crippen LogP contribution in [0.5, 0.6) is 0 Å². The summed E-state index contributed by atoms with van der Waals surface area (Å²) in [6.45, 7) is 2.46. The fraction of sp³-hybridized carbons (Fsp3) is 0.600. The first-order chi connectivity index (χ1) is 6.37. The fourth-order valence-electron chi connectivity index (χ4n) is 1.89. The van der Waals surface area contributed by atoms with Gasteiger partial charge in [-0.3, -0.25) is 0 Å². The van der Waals surface area contributed by atoms with Gasteiger partial charge in [0, 0.05) is 30.1 Å². The maximum Gasteiger partial charge on any atom is 0.0475 e. The van der Waals surface area contributed by atoms with E-state index in [2.05, 4.69) is 17.5 Å². The highest BCUT2D eigenvalue weighted by Gasteiger charge is 2.33. The molecule has 0 atom stereocenters. The number of thiophene rings is 1.